The zero-order valence-electron chi connectivity index (χ0n) is 9.40. The molecule has 1 heterocycles. The average molecular weight is 210 g/mol. The van der Waals surface area contributed by atoms with Crippen LogP contribution in [0.25, 0.3) is 0 Å². The molecule has 0 aromatic carbocycles. The molecule has 1 fully saturated rings. The first-order valence-electron chi connectivity index (χ1n) is 5.38. The highest BCUT2D eigenvalue weighted by molar-refractivity contribution is 5.79. The molecule has 1 amide bonds. The fourth-order valence-electron chi connectivity index (χ4n) is 1.72. The normalized spacial score (nSPS) is 19.3. The Morgan fingerprint density at radius 2 is 2.20 bits per heavy atom. The van der Waals surface area contributed by atoms with E-state index in [9.17, 15) is 4.79 Å². The quantitative estimate of drug-likeness (QED) is 0.702. The number of ether oxygens (including phenoxy) is 1. The SMILES string of the molecule is CC(CC#N)N(C)C(=O)C1CCOCC1. The number of hydrogen-bond donors (Lipinski definition) is 0. The minimum Gasteiger partial charge on any atom is -0.381 e. The van der Waals surface area contributed by atoms with Crippen LogP contribution < -0.4 is 0 Å². The average Bonchev–Trinajstić information content (AvgIpc) is 2.28. The zero-order chi connectivity index (χ0) is 11.3. The molecule has 0 aromatic heterocycles. The molecule has 1 saturated heterocycles. The summed E-state index contributed by atoms with van der Waals surface area (Å²) in [4.78, 5) is 13.7. The van der Waals surface area contributed by atoms with Crippen molar-refractivity contribution in [1.29, 1.82) is 5.26 Å². The molecular weight excluding hydrogens is 192 g/mol. The first-order chi connectivity index (χ1) is 7.16. The van der Waals surface area contributed by atoms with Crippen molar-refractivity contribution in [1.82, 2.24) is 4.90 Å². The van der Waals surface area contributed by atoms with Gasteiger partial charge in [-0.3, -0.25) is 4.79 Å². The van der Waals surface area contributed by atoms with Gasteiger partial charge in [0.2, 0.25) is 5.91 Å². The third-order valence-electron chi connectivity index (χ3n) is 2.97. The standard InChI is InChI=1S/C11H18N2O2/c1-9(3-6-12)13(2)11(14)10-4-7-15-8-5-10/h9-10H,3-5,7-8H2,1-2H3. The van der Waals surface area contributed by atoms with Crippen molar-refractivity contribution in [3.63, 3.8) is 0 Å². The predicted molar refractivity (Wildman–Crippen MR) is 56.0 cm³/mol. The lowest BCUT2D eigenvalue weighted by Gasteiger charge is -2.29. The van der Waals surface area contributed by atoms with E-state index >= 15 is 0 Å². The molecule has 1 atom stereocenters. The van der Waals surface area contributed by atoms with Crippen LogP contribution in [0.2, 0.25) is 0 Å². The Balaban J connectivity index is 2.47. The lowest BCUT2D eigenvalue weighted by molar-refractivity contribution is -0.138. The molecule has 1 unspecified atom stereocenters. The number of carbonyl (C=O) groups is 1. The molecule has 0 spiro atoms. The monoisotopic (exact) mass is 210 g/mol. The van der Waals surface area contributed by atoms with Gasteiger partial charge in [0.05, 0.1) is 12.5 Å². The summed E-state index contributed by atoms with van der Waals surface area (Å²) in [6, 6.07) is 2.09. The van der Waals surface area contributed by atoms with Crippen molar-refractivity contribution < 1.29 is 9.53 Å². The number of nitriles is 1. The fraction of sp³-hybridized carbons (Fsp3) is 0.818. The Bertz CT molecular complexity index is 254. The summed E-state index contributed by atoms with van der Waals surface area (Å²) in [5, 5.41) is 8.57. The van der Waals surface area contributed by atoms with Crippen molar-refractivity contribution in [2.24, 2.45) is 5.92 Å². The number of hydrogen-bond acceptors (Lipinski definition) is 3. The summed E-state index contributed by atoms with van der Waals surface area (Å²) in [7, 11) is 1.78. The number of amides is 1. The van der Waals surface area contributed by atoms with E-state index in [0.29, 0.717) is 19.6 Å². The summed E-state index contributed by atoms with van der Waals surface area (Å²) >= 11 is 0. The molecule has 0 N–H and O–H groups in total. The van der Waals surface area contributed by atoms with Crippen LogP contribution in [0, 0.1) is 17.2 Å². The Labute approximate surface area is 90.8 Å². The van der Waals surface area contributed by atoms with Crippen LogP contribution in [0.1, 0.15) is 26.2 Å². The smallest absolute Gasteiger partial charge is 0.225 e. The molecule has 1 rings (SSSR count). The summed E-state index contributed by atoms with van der Waals surface area (Å²) in [6.07, 6.45) is 2.01. The van der Waals surface area contributed by atoms with Gasteiger partial charge in [0.25, 0.3) is 0 Å². The topological polar surface area (TPSA) is 53.3 Å². The maximum Gasteiger partial charge on any atom is 0.225 e. The molecule has 0 saturated carbocycles. The second kappa shape index (κ2) is 5.72. The molecule has 0 aromatic rings. The van der Waals surface area contributed by atoms with E-state index in [1.165, 1.54) is 0 Å². The summed E-state index contributed by atoms with van der Waals surface area (Å²) in [5.41, 5.74) is 0. The van der Waals surface area contributed by atoms with Gasteiger partial charge in [-0.05, 0) is 19.8 Å². The van der Waals surface area contributed by atoms with E-state index < -0.39 is 0 Å². The minimum absolute atomic E-state index is 0.00495. The highest BCUT2D eigenvalue weighted by atomic mass is 16.5. The van der Waals surface area contributed by atoms with Crippen LogP contribution >= 0.6 is 0 Å². The molecule has 0 bridgehead atoms. The van der Waals surface area contributed by atoms with Crippen molar-refractivity contribution in [3.05, 3.63) is 0 Å². The predicted octanol–water partition coefficient (Wildman–Crippen LogP) is 1.17. The van der Waals surface area contributed by atoms with E-state index in [-0.39, 0.29) is 17.9 Å². The van der Waals surface area contributed by atoms with Crippen molar-refractivity contribution >= 4 is 5.91 Å². The van der Waals surface area contributed by atoms with Gasteiger partial charge in [-0.15, -0.1) is 0 Å². The molecule has 0 radical (unpaired) electrons. The summed E-state index contributed by atoms with van der Waals surface area (Å²) in [6.45, 7) is 3.26. The number of nitrogens with zero attached hydrogens (tertiary/aromatic N) is 2. The summed E-state index contributed by atoms with van der Waals surface area (Å²) < 4.78 is 5.21. The molecule has 84 valence electrons. The van der Waals surface area contributed by atoms with Crippen molar-refractivity contribution in [2.45, 2.75) is 32.2 Å². The molecule has 4 heteroatoms. The Kier molecular flexibility index (Phi) is 4.57. The van der Waals surface area contributed by atoms with Gasteiger partial charge >= 0.3 is 0 Å². The highest BCUT2D eigenvalue weighted by Gasteiger charge is 2.26. The molecule has 0 aliphatic carbocycles. The van der Waals surface area contributed by atoms with Crippen LogP contribution in [-0.2, 0) is 9.53 Å². The number of rotatable bonds is 3. The summed E-state index contributed by atoms with van der Waals surface area (Å²) in [5.74, 6) is 0.242. The molecule has 15 heavy (non-hydrogen) atoms. The second-order valence-electron chi connectivity index (χ2n) is 4.05. The first kappa shape index (κ1) is 12.0. The Hall–Kier alpha value is -1.08. The van der Waals surface area contributed by atoms with Gasteiger partial charge in [-0.25, -0.2) is 0 Å². The lowest BCUT2D eigenvalue weighted by Crippen LogP contribution is -2.40. The zero-order valence-corrected chi connectivity index (χ0v) is 9.40. The van der Waals surface area contributed by atoms with Crippen molar-refractivity contribution in [3.8, 4) is 6.07 Å². The van der Waals surface area contributed by atoms with E-state index in [1.54, 1.807) is 11.9 Å². The Morgan fingerprint density at radius 1 is 1.60 bits per heavy atom. The van der Waals surface area contributed by atoms with Crippen molar-refractivity contribution in [2.75, 3.05) is 20.3 Å². The van der Waals surface area contributed by atoms with Crippen LogP contribution in [0.15, 0.2) is 0 Å². The van der Waals surface area contributed by atoms with E-state index in [4.69, 9.17) is 10.00 Å². The number of carbonyl (C=O) groups excluding carboxylic acids is 1. The maximum atomic E-state index is 12.0. The fourth-order valence-corrected chi connectivity index (χ4v) is 1.72. The van der Waals surface area contributed by atoms with Crippen LogP contribution in [-0.4, -0.2) is 37.1 Å². The second-order valence-corrected chi connectivity index (χ2v) is 4.05. The third kappa shape index (κ3) is 3.21. The molecule has 1 aliphatic heterocycles. The van der Waals surface area contributed by atoms with Crippen LogP contribution in [0.3, 0.4) is 0 Å². The minimum atomic E-state index is 0.00495. The van der Waals surface area contributed by atoms with Crippen LogP contribution in [0.5, 0.6) is 0 Å². The van der Waals surface area contributed by atoms with Gasteiger partial charge in [-0.2, -0.15) is 5.26 Å². The lowest BCUT2D eigenvalue weighted by atomic mass is 9.98. The first-order valence-corrected chi connectivity index (χ1v) is 5.38. The van der Waals surface area contributed by atoms with Gasteiger partial charge in [0.1, 0.15) is 0 Å². The highest BCUT2D eigenvalue weighted by Crippen LogP contribution is 2.18. The largest absolute Gasteiger partial charge is 0.381 e. The molecule has 1 aliphatic rings. The van der Waals surface area contributed by atoms with Gasteiger partial charge in [0, 0.05) is 32.2 Å². The molecular formula is C11H18N2O2. The Morgan fingerprint density at radius 3 is 2.73 bits per heavy atom. The maximum absolute atomic E-state index is 12.0. The van der Waals surface area contributed by atoms with Gasteiger partial charge < -0.3 is 9.64 Å². The third-order valence-corrected chi connectivity index (χ3v) is 2.97. The molecule has 4 nitrogen and oxygen atoms in total. The van der Waals surface area contributed by atoms with Gasteiger partial charge in [-0.1, -0.05) is 0 Å². The van der Waals surface area contributed by atoms with E-state index in [0.717, 1.165) is 12.8 Å². The van der Waals surface area contributed by atoms with Crippen LogP contribution in [0.4, 0.5) is 0 Å². The van der Waals surface area contributed by atoms with E-state index in [1.807, 2.05) is 6.92 Å². The van der Waals surface area contributed by atoms with Gasteiger partial charge in [0.15, 0.2) is 0 Å². The van der Waals surface area contributed by atoms with E-state index in [2.05, 4.69) is 6.07 Å².